The Morgan fingerprint density at radius 2 is 2.00 bits per heavy atom. The monoisotopic (exact) mass is 327 g/mol. The minimum absolute atomic E-state index is 0.137. The van der Waals surface area contributed by atoms with Gasteiger partial charge in [-0.05, 0) is 54.8 Å². The highest BCUT2D eigenvalue weighted by Gasteiger charge is 2.09. The number of hydrogen-bond donors (Lipinski definition) is 1. The fourth-order valence-corrected chi connectivity index (χ4v) is 2.85. The van der Waals surface area contributed by atoms with Crippen LogP contribution in [0, 0.1) is 0 Å². The van der Waals surface area contributed by atoms with Gasteiger partial charge in [0, 0.05) is 5.56 Å². The molecule has 3 rings (SSSR count). The molecule has 2 heterocycles. The second-order valence-corrected chi connectivity index (χ2v) is 5.83. The van der Waals surface area contributed by atoms with E-state index in [1.54, 1.807) is 35.6 Å². The van der Waals surface area contributed by atoms with E-state index in [1.165, 1.54) is 0 Å². The smallest absolute Gasteiger partial charge is 0.251 e. The Balaban J connectivity index is 1.58. The molecule has 1 N–H and O–H groups in total. The second kappa shape index (κ2) is 7.15. The van der Waals surface area contributed by atoms with E-state index in [0.29, 0.717) is 18.7 Å². The van der Waals surface area contributed by atoms with Gasteiger partial charge in [0.2, 0.25) is 0 Å². The highest BCUT2D eigenvalue weighted by atomic mass is 32.1. The van der Waals surface area contributed by atoms with Crippen LogP contribution in [0.2, 0.25) is 0 Å². The summed E-state index contributed by atoms with van der Waals surface area (Å²) in [5, 5.41) is 4.86. The standard InChI is InChI=1S/C18H17NO3S/c1-2-21-14-7-5-13(6-8-14)18(20)19-12-15-9-10-16(22-15)17-4-3-11-23-17/h3-11H,2,12H2,1H3,(H,19,20). The van der Waals surface area contributed by atoms with Crippen molar-refractivity contribution >= 4 is 17.2 Å². The second-order valence-electron chi connectivity index (χ2n) is 4.88. The molecule has 1 amide bonds. The van der Waals surface area contributed by atoms with Crippen molar-refractivity contribution in [2.24, 2.45) is 0 Å². The average Bonchev–Trinajstić information content (AvgIpc) is 3.25. The first-order chi connectivity index (χ1) is 11.3. The molecule has 4 nitrogen and oxygen atoms in total. The summed E-state index contributed by atoms with van der Waals surface area (Å²) in [7, 11) is 0. The van der Waals surface area contributed by atoms with Crippen LogP contribution in [-0.2, 0) is 6.54 Å². The lowest BCUT2D eigenvalue weighted by Gasteiger charge is -2.05. The average molecular weight is 327 g/mol. The van der Waals surface area contributed by atoms with Crippen molar-refractivity contribution in [1.82, 2.24) is 5.32 Å². The van der Waals surface area contributed by atoms with Gasteiger partial charge in [-0.2, -0.15) is 0 Å². The van der Waals surface area contributed by atoms with Crippen molar-refractivity contribution in [3.63, 3.8) is 0 Å². The Kier molecular flexibility index (Phi) is 4.78. The van der Waals surface area contributed by atoms with Crippen LogP contribution in [0.1, 0.15) is 23.0 Å². The molecule has 0 aliphatic rings. The molecule has 0 fully saturated rings. The Bertz CT molecular complexity index is 760. The van der Waals surface area contributed by atoms with Crippen LogP contribution in [0.4, 0.5) is 0 Å². The topological polar surface area (TPSA) is 51.5 Å². The van der Waals surface area contributed by atoms with Crippen molar-refractivity contribution in [2.45, 2.75) is 13.5 Å². The molecule has 0 aliphatic carbocycles. The molecule has 0 atom stereocenters. The Hall–Kier alpha value is -2.53. The minimum atomic E-state index is -0.137. The molecule has 2 aromatic heterocycles. The van der Waals surface area contributed by atoms with Gasteiger partial charge in [0.25, 0.3) is 5.91 Å². The number of nitrogens with one attached hydrogen (secondary N) is 1. The minimum Gasteiger partial charge on any atom is -0.494 e. The zero-order chi connectivity index (χ0) is 16.1. The summed E-state index contributed by atoms with van der Waals surface area (Å²) in [6.07, 6.45) is 0. The number of carbonyl (C=O) groups is 1. The number of amides is 1. The van der Waals surface area contributed by atoms with E-state index in [4.69, 9.17) is 9.15 Å². The van der Waals surface area contributed by atoms with Gasteiger partial charge in [-0.25, -0.2) is 0 Å². The summed E-state index contributed by atoms with van der Waals surface area (Å²) in [5.74, 6) is 2.18. The zero-order valence-corrected chi connectivity index (χ0v) is 13.6. The van der Waals surface area contributed by atoms with Crippen molar-refractivity contribution in [3.05, 3.63) is 65.2 Å². The normalized spacial score (nSPS) is 10.5. The van der Waals surface area contributed by atoms with E-state index in [9.17, 15) is 4.79 Å². The van der Waals surface area contributed by atoms with Gasteiger partial charge < -0.3 is 14.5 Å². The fraction of sp³-hybridized carbons (Fsp3) is 0.167. The summed E-state index contributed by atoms with van der Waals surface area (Å²) in [6, 6.07) is 14.9. The molecule has 3 aromatic rings. The first-order valence-electron chi connectivity index (χ1n) is 7.40. The maximum Gasteiger partial charge on any atom is 0.251 e. The molecular formula is C18H17NO3S. The Morgan fingerprint density at radius 3 is 2.70 bits per heavy atom. The molecule has 0 unspecified atom stereocenters. The van der Waals surface area contributed by atoms with Crippen LogP contribution in [0.3, 0.4) is 0 Å². The Labute approximate surface area is 138 Å². The maximum atomic E-state index is 12.1. The third-order valence-corrected chi connectivity index (χ3v) is 4.16. The Morgan fingerprint density at radius 1 is 1.17 bits per heavy atom. The number of ether oxygens (including phenoxy) is 1. The van der Waals surface area contributed by atoms with Crippen molar-refractivity contribution < 1.29 is 13.9 Å². The van der Waals surface area contributed by atoms with Gasteiger partial charge in [0.15, 0.2) is 0 Å². The van der Waals surface area contributed by atoms with Crippen LogP contribution < -0.4 is 10.1 Å². The number of rotatable bonds is 6. The summed E-state index contributed by atoms with van der Waals surface area (Å²) < 4.78 is 11.1. The SMILES string of the molecule is CCOc1ccc(C(=O)NCc2ccc(-c3cccs3)o2)cc1. The molecule has 118 valence electrons. The molecule has 0 bridgehead atoms. The van der Waals surface area contributed by atoms with Gasteiger partial charge in [-0.1, -0.05) is 6.07 Å². The largest absolute Gasteiger partial charge is 0.494 e. The predicted molar refractivity (Wildman–Crippen MR) is 90.8 cm³/mol. The quantitative estimate of drug-likeness (QED) is 0.733. The number of carbonyl (C=O) groups excluding carboxylic acids is 1. The number of thiophene rings is 1. The lowest BCUT2D eigenvalue weighted by molar-refractivity contribution is 0.0948. The number of hydrogen-bond acceptors (Lipinski definition) is 4. The lowest BCUT2D eigenvalue weighted by atomic mass is 10.2. The molecule has 0 aliphatic heterocycles. The highest BCUT2D eigenvalue weighted by molar-refractivity contribution is 7.13. The van der Waals surface area contributed by atoms with E-state index in [-0.39, 0.29) is 5.91 Å². The van der Waals surface area contributed by atoms with Gasteiger partial charge in [0.05, 0.1) is 18.0 Å². The van der Waals surface area contributed by atoms with Gasteiger partial charge in [-0.15, -0.1) is 11.3 Å². The summed E-state index contributed by atoms with van der Waals surface area (Å²) in [5.41, 5.74) is 0.596. The maximum absolute atomic E-state index is 12.1. The zero-order valence-electron chi connectivity index (χ0n) is 12.7. The van der Waals surface area contributed by atoms with Crippen molar-refractivity contribution in [3.8, 4) is 16.4 Å². The van der Waals surface area contributed by atoms with E-state index in [2.05, 4.69) is 5.32 Å². The molecule has 5 heteroatoms. The van der Waals surface area contributed by atoms with Gasteiger partial charge in [0.1, 0.15) is 17.3 Å². The predicted octanol–water partition coefficient (Wildman–Crippen LogP) is 4.34. The van der Waals surface area contributed by atoms with Crippen molar-refractivity contribution in [2.75, 3.05) is 6.61 Å². The molecule has 0 saturated carbocycles. The van der Waals surface area contributed by atoms with Crippen LogP contribution >= 0.6 is 11.3 Å². The molecule has 0 spiro atoms. The van der Waals surface area contributed by atoms with Gasteiger partial charge in [-0.3, -0.25) is 4.79 Å². The molecular weight excluding hydrogens is 310 g/mol. The van der Waals surface area contributed by atoms with E-state index < -0.39 is 0 Å². The van der Waals surface area contributed by atoms with Crippen LogP contribution in [0.5, 0.6) is 5.75 Å². The number of benzene rings is 1. The van der Waals surface area contributed by atoms with Crippen LogP contribution in [0.25, 0.3) is 10.6 Å². The van der Waals surface area contributed by atoms with Crippen LogP contribution in [-0.4, -0.2) is 12.5 Å². The summed E-state index contributed by atoms with van der Waals surface area (Å²) >= 11 is 1.62. The third kappa shape index (κ3) is 3.81. The lowest BCUT2D eigenvalue weighted by Crippen LogP contribution is -2.22. The summed E-state index contributed by atoms with van der Waals surface area (Å²) in [4.78, 5) is 13.2. The molecule has 23 heavy (non-hydrogen) atoms. The highest BCUT2D eigenvalue weighted by Crippen LogP contribution is 2.26. The van der Waals surface area contributed by atoms with Crippen molar-refractivity contribution in [1.29, 1.82) is 0 Å². The first-order valence-corrected chi connectivity index (χ1v) is 8.28. The third-order valence-electron chi connectivity index (χ3n) is 3.28. The van der Waals surface area contributed by atoms with E-state index >= 15 is 0 Å². The molecule has 0 radical (unpaired) electrons. The van der Waals surface area contributed by atoms with Gasteiger partial charge >= 0.3 is 0 Å². The van der Waals surface area contributed by atoms with E-state index in [0.717, 1.165) is 22.1 Å². The molecule has 0 saturated heterocycles. The summed E-state index contributed by atoms with van der Waals surface area (Å²) in [6.45, 7) is 2.89. The fourth-order valence-electron chi connectivity index (χ4n) is 2.16. The first kappa shape index (κ1) is 15.4. The van der Waals surface area contributed by atoms with E-state index in [1.807, 2.05) is 36.6 Å². The van der Waals surface area contributed by atoms with Crippen LogP contribution in [0.15, 0.2) is 58.3 Å². The number of furan rings is 1. The molecule has 1 aromatic carbocycles.